The van der Waals surface area contributed by atoms with Crippen LogP contribution in [0.15, 0.2) is 94.9 Å². The van der Waals surface area contributed by atoms with E-state index in [1.807, 2.05) is 76.3 Å². The van der Waals surface area contributed by atoms with E-state index >= 15 is 0 Å². The highest BCUT2D eigenvalue weighted by molar-refractivity contribution is 7.89. The first kappa shape index (κ1) is 87.8. The fraction of sp³-hybridized carbons (Fsp3) is 0.691. The second-order valence-electron chi connectivity index (χ2n) is 31.6. The van der Waals surface area contributed by atoms with E-state index in [9.17, 15) is 67.5 Å². The fourth-order valence-electron chi connectivity index (χ4n) is 15.2. The Morgan fingerprint density at radius 2 is 1.53 bits per heavy atom. The van der Waals surface area contributed by atoms with Crippen molar-refractivity contribution < 1.29 is 95.9 Å². The number of hydrogen-bond donors (Lipinski definition) is 6. The van der Waals surface area contributed by atoms with Crippen LogP contribution in [0.1, 0.15) is 197 Å². The lowest BCUT2D eigenvalue weighted by atomic mass is 9.78. The Hall–Kier alpha value is -6.06. The Kier molecular flexibility index (Phi) is 34.7. The number of Topliss-reactive ketones (excluding diaryl/α,β-unsaturated/α-hetero) is 3. The van der Waals surface area contributed by atoms with E-state index in [1.54, 1.807) is 59.8 Å². The predicted molar refractivity (Wildman–Crippen MR) is 397 cm³/mol. The third-order valence-corrected chi connectivity index (χ3v) is 23.0. The van der Waals surface area contributed by atoms with Crippen LogP contribution in [0, 0.1) is 47.3 Å². The van der Waals surface area contributed by atoms with Gasteiger partial charge >= 0.3 is 11.9 Å². The zero-order valence-corrected chi connectivity index (χ0v) is 65.3. The average Bonchev–Trinajstić information content (AvgIpc) is 0.837. The molecule has 1 aliphatic carbocycles. The first-order chi connectivity index (χ1) is 49.6. The van der Waals surface area contributed by atoms with Gasteiger partial charge in [-0.05, 0) is 178 Å². The summed E-state index contributed by atoms with van der Waals surface area (Å²) >= 11 is 0. The van der Waals surface area contributed by atoms with E-state index in [0.29, 0.717) is 75.5 Å². The molecule has 24 heteroatoms. The van der Waals surface area contributed by atoms with E-state index in [-0.39, 0.29) is 131 Å². The first-order valence-electron chi connectivity index (χ1n) is 38.0. The van der Waals surface area contributed by atoms with Crippen LogP contribution in [-0.2, 0) is 73.7 Å². The number of cyclic esters (lactones) is 1. The summed E-state index contributed by atoms with van der Waals surface area (Å²) in [6.07, 6.45) is 5.68. The van der Waals surface area contributed by atoms with Gasteiger partial charge in [0.15, 0.2) is 0 Å². The first-order valence-corrected chi connectivity index (χ1v) is 39.5. The molecule has 0 radical (unpaired) electrons. The zero-order valence-electron chi connectivity index (χ0n) is 64.5. The summed E-state index contributed by atoms with van der Waals surface area (Å²) in [5.41, 5.74) is 1.48. The molecule has 6 N–H and O–H groups in total. The number of sulfonamides is 1. The smallest absolute Gasteiger partial charge is 0.329 e. The van der Waals surface area contributed by atoms with Crippen LogP contribution >= 0.6 is 0 Å². The summed E-state index contributed by atoms with van der Waals surface area (Å²) in [6, 6.07) is 12.9. The maximum absolute atomic E-state index is 15.0. The number of allylic oxidation sites excluding steroid dienone is 5. The highest BCUT2D eigenvalue weighted by Gasteiger charge is 2.57. The highest BCUT2D eigenvalue weighted by atomic mass is 32.2. The van der Waals surface area contributed by atoms with Crippen molar-refractivity contribution in [1.29, 1.82) is 0 Å². The Morgan fingerprint density at radius 3 is 2.18 bits per heavy atom. The quantitative estimate of drug-likeness (QED) is 0.0183. The number of piperidine rings is 1. The minimum atomic E-state index is -4.16. The van der Waals surface area contributed by atoms with Crippen molar-refractivity contribution in [1.82, 2.24) is 14.5 Å². The number of unbranched alkanes of at least 4 members (excludes halogenated alkanes) is 2. The number of nitrogens with one attached hydrogen (secondary N) is 1. The van der Waals surface area contributed by atoms with Crippen LogP contribution in [0.2, 0.25) is 0 Å². The molecule has 4 aliphatic rings. The van der Waals surface area contributed by atoms with Crippen molar-refractivity contribution >= 4 is 51.1 Å². The van der Waals surface area contributed by atoms with Gasteiger partial charge in [0.2, 0.25) is 21.7 Å². The highest BCUT2D eigenvalue weighted by Crippen LogP contribution is 2.40. The molecule has 6 rings (SSSR count). The minimum Gasteiger partial charge on any atom is -0.497 e. The molecule has 0 aromatic heterocycles. The SMILES string of the molecule is COc1ccc(S(=O)(=O)N(CC(C)C)C[C@@H](O)[C@H](Cc2ccccc2)NC(=O)C(CCCCCC(=O)OC(C)(C)C)CC(=O)CC/C=C/C[C@@H]2/C=C(\C)C[C@H](C)C[C@H](OC)[C@H]3O[C@@](O)(C(=O)C(=O)N4CCCC[C@H]4C(=O)O[C@H](/C(C)=C/[C@@H]4CC[C@@H](O)[C@H](CO)C4)[C@H](C)[C@@H](O)CC2=O)[C@H](C)C[C@@H]3OC)cc1. The fourth-order valence-corrected chi connectivity index (χ4v) is 16.8. The third kappa shape index (κ3) is 26.1. The Balaban J connectivity index is 1.28. The van der Waals surface area contributed by atoms with Crippen LogP contribution in [0.4, 0.5) is 0 Å². The van der Waals surface area contributed by atoms with E-state index in [1.165, 1.54) is 37.8 Å². The largest absolute Gasteiger partial charge is 0.497 e. The molecule has 2 saturated heterocycles. The second-order valence-corrected chi connectivity index (χ2v) is 33.5. The predicted octanol–water partition coefficient (Wildman–Crippen LogP) is 9.69. The summed E-state index contributed by atoms with van der Waals surface area (Å²) < 4.78 is 65.3. The van der Waals surface area contributed by atoms with Crippen LogP contribution in [0.3, 0.4) is 0 Å². The minimum absolute atomic E-state index is 0.00388. The van der Waals surface area contributed by atoms with Crippen LogP contribution in [-0.4, -0.2) is 198 Å². The van der Waals surface area contributed by atoms with E-state index in [0.717, 1.165) is 16.0 Å². The number of aliphatic hydroxyl groups excluding tert-OH is 4. The van der Waals surface area contributed by atoms with Crippen molar-refractivity contribution in [2.75, 3.05) is 47.6 Å². The summed E-state index contributed by atoms with van der Waals surface area (Å²) in [5.74, 6) is -11.1. The lowest BCUT2D eigenvalue weighted by molar-refractivity contribution is -0.302. The van der Waals surface area contributed by atoms with Crippen molar-refractivity contribution in [3.63, 3.8) is 0 Å². The molecular formula is C81H123N3O20S. The van der Waals surface area contributed by atoms with Gasteiger partial charge in [-0.1, -0.05) is 108 Å². The van der Waals surface area contributed by atoms with Gasteiger partial charge in [-0.2, -0.15) is 4.31 Å². The number of methoxy groups -OCH3 is 3. The number of carbonyl (C=O) groups is 7. The van der Waals surface area contributed by atoms with Gasteiger partial charge in [-0.3, -0.25) is 28.8 Å². The number of carbonyl (C=O) groups excluding carboxylic acids is 7. The van der Waals surface area contributed by atoms with E-state index < -0.39 is 129 Å². The summed E-state index contributed by atoms with van der Waals surface area (Å²) in [7, 11) is 0.299. The Labute approximate surface area is 623 Å². The van der Waals surface area contributed by atoms with Gasteiger partial charge in [-0.15, -0.1) is 0 Å². The number of ether oxygens (including phenoxy) is 6. The Bertz CT molecular complexity index is 3350. The Morgan fingerprint density at radius 1 is 0.848 bits per heavy atom. The van der Waals surface area contributed by atoms with Gasteiger partial charge < -0.3 is 64.2 Å². The molecule has 23 nitrogen and oxygen atoms in total. The topological polar surface area (TPSA) is 329 Å². The molecule has 17 atom stereocenters. The molecule has 3 fully saturated rings. The summed E-state index contributed by atoms with van der Waals surface area (Å²) in [4.78, 5) is 102. The van der Waals surface area contributed by atoms with E-state index in [4.69, 9.17) is 28.4 Å². The molecule has 2 amide bonds. The number of hydrogen-bond acceptors (Lipinski definition) is 20. The zero-order chi connectivity index (χ0) is 77.5. The van der Waals surface area contributed by atoms with Crippen molar-refractivity contribution in [3.05, 3.63) is 95.6 Å². The second kappa shape index (κ2) is 41.5. The van der Waals surface area contributed by atoms with Gasteiger partial charge in [-0.25, -0.2) is 13.2 Å². The molecule has 1 saturated carbocycles. The van der Waals surface area contributed by atoms with Crippen LogP contribution in [0.5, 0.6) is 5.75 Å². The molecule has 3 aliphatic heterocycles. The maximum Gasteiger partial charge on any atom is 0.329 e. The monoisotopic (exact) mass is 1490 g/mol. The molecule has 1 unspecified atom stereocenters. The van der Waals surface area contributed by atoms with Gasteiger partial charge in [0.25, 0.3) is 11.7 Å². The number of ketones is 3. The summed E-state index contributed by atoms with van der Waals surface area (Å²) in [6.45, 7) is 17.5. The molecule has 2 bridgehead atoms. The average molecular weight is 1490 g/mol. The number of rotatable bonds is 30. The number of fused-ring (bicyclic) bond motifs is 3. The molecule has 105 heavy (non-hydrogen) atoms. The van der Waals surface area contributed by atoms with Crippen molar-refractivity contribution in [2.24, 2.45) is 47.3 Å². The number of benzene rings is 2. The molecule has 2 aromatic rings. The third-order valence-electron chi connectivity index (χ3n) is 21.2. The number of aliphatic hydroxyl groups is 5. The van der Waals surface area contributed by atoms with Crippen LogP contribution in [0.25, 0.3) is 0 Å². The number of esters is 2. The lowest BCUT2D eigenvalue weighted by Gasteiger charge is -2.47. The molecule has 588 valence electrons. The standard InChI is InChI=1S/C81H123N3O20S/c1-51(2)48-83(105(97,98)64-35-33-63(99-11)34-36-64)49-70(90)65(45-57-25-17-14-18-26-57)82-77(93)60(28-20-16-22-31-73(91)103-80(8,9)10)46-62(86)29-21-15-19-27-59-40-52(3)39-53(4)41-71(100-12)75-72(101-13)43-55(6)81(96,104-75)76(92)78(94)84-38-24-23-30-66(84)79(95)102-74(56(7)68(88)47-69(59)89)54(5)42-58-32-37-67(87)61(44-58)50-85/h14-15,17-19,25-26,33-36,40,42,51,53,55-56,58-61,65-68,70-72,74-75,85,87-88,90,96H,16,20-24,27-32,37-39,41,43-50H2,1-13H3,(H,82,93)/b19-15+,52-40+,54-42+/t53-,55+,56+,58-,59+,60?,61-,65-,66-,67+,68-,70+,71-,72-,74+,75+,81+/m0/s1. The van der Waals surface area contributed by atoms with Crippen LogP contribution < -0.4 is 10.1 Å². The molecule has 3 heterocycles. The van der Waals surface area contributed by atoms with Crippen molar-refractivity contribution in [2.45, 2.75) is 269 Å². The maximum atomic E-state index is 15.0. The molecule has 2 aromatic carbocycles. The van der Waals surface area contributed by atoms with Crippen molar-refractivity contribution in [3.8, 4) is 5.75 Å². The van der Waals surface area contributed by atoms with Gasteiger partial charge in [0.05, 0.1) is 48.6 Å². The summed E-state index contributed by atoms with van der Waals surface area (Å²) in [5, 5.41) is 60.7. The number of amides is 2. The van der Waals surface area contributed by atoms with E-state index in [2.05, 4.69) is 5.32 Å². The molecule has 0 spiro atoms. The lowest BCUT2D eigenvalue weighted by Crippen LogP contribution is -2.64. The molecular weight excluding hydrogens is 1370 g/mol. The normalized spacial score (nSPS) is 28.9. The van der Waals surface area contributed by atoms with Gasteiger partial charge in [0.1, 0.15) is 41.2 Å². The van der Waals surface area contributed by atoms with Gasteiger partial charge in [0, 0.05) is 95.7 Å². The number of nitrogens with zero attached hydrogens (tertiary/aromatic N) is 2.